The zero-order chi connectivity index (χ0) is 38.5. The van der Waals surface area contributed by atoms with Crippen molar-refractivity contribution in [3.8, 4) is 12.3 Å². The highest BCUT2D eigenvalue weighted by molar-refractivity contribution is 7.69. The third kappa shape index (κ3) is 79.8. The van der Waals surface area contributed by atoms with Crippen molar-refractivity contribution < 1.29 is 8.95 Å². The van der Waals surface area contributed by atoms with Gasteiger partial charge >= 0.3 is 0 Å². The van der Waals surface area contributed by atoms with E-state index in [9.17, 15) is 0 Å². The predicted octanol–water partition coefficient (Wildman–Crippen LogP) is 15.3. The van der Waals surface area contributed by atoms with E-state index in [2.05, 4.69) is 176 Å². The molecule has 0 atom stereocenters. The molecule has 0 heterocycles. The Labute approximate surface area is 301 Å². The van der Waals surface area contributed by atoms with E-state index >= 15 is 0 Å². The molecule has 0 bridgehead atoms. The summed E-state index contributed by atoms with van der Waals surface area (Å²) in [5.41, 5.74) is 0. The lowest BCUT2D eigenvalue weighted by Crippen LogP contribution is -2.28. The lowest BCUT2D eigenvalue weighted by molar-refractivity contribution is 0.235. The Morgan fingerprint density at radius 2 is 0.957 bits per heavy atom. The maximum Gasteiger partial charge on any atom is 0.184 e. The van der Waals surface area contributed by atoms with Gasteiger partial charge < -0.3 is 4.43 Å². The zero-order valence-corrected chi connectivity index (χ0v) is 41.1. The average molecular weight is 724 g/mol. The maximum absolute atomic E-state index is 5.58. The van der Waals surface area contributed by atoms with Crippen LogP contribution in [0.15, 0.2) is 0 Å². The first-order valence-corrected chi connectivity index (χ1v) is 32.2. The molecule has 0 spiro atoms. The monoisotopic (exact) mass is 724 g/mol. The molecule has 0 aliphatic heterocycles. The van der Waals surface area contributed by atoms with Gasteiger partial charge in [0.05, 0.1) is 34.2 Å². The van der Waals surface area contributed by atoms with E-state index in [0.717, 1.165) is 29.7 Å². The summed E-state index contributed by atoms with van der Waals surface area (Å²) in [5.74, 6) is 6.28. The molecule has 0 saturated heterocycles. The van der Waals surface area contributed by atoms with E-state index in [4.69, 9.17) is 15.4 Å². The number of terminal acetylenes is 1. The van der Waals surface area contributed by atoms with Gasteiger partial charge in [-0.3, -0.25) is 0 Å². The normalized spacial score (nSPS) is 11.8. The highest BCUT2D eigenvalue weighted by atomic mass is 31.2. The van der Waals surface area contributed by atoms with E-state index < -0.39 is 32.0 Å². The molecule has 0 radical (unpaired) electrons. The number of hydrogen-bond donors (Lipinski definition) is 0. The molecule has 0 fully saturated rings. The zero-order valence-electron chi connectivity index (χ0n) is 37.3. The molecule has 0 aromatic carbocycles. The van der Waals surface area contributed by atoms with Crippen LogP contribution in [-0.4, -0.2) is 56.7 Å². The summed E-state index contributed by atoms with van der Waals surface area (Å²) in [4.78, 5) is 0. The van der Waals surface area contributed by atoms with Gasteiger partial charge in [0.1, 0.15) is 7.49 Å². The van der Waals surface area contributed by atoms with Crippen LogP contribution in [-0.2, 0) is 8.95 Å². The summed E-state index contributed by atoms with van der Waals surface area (Å²) < 4.78 is 11.1. The molecule has 2 nitrogen and oxygen atoms in total. The van der Waals surface area contributed by atoms with Crippen LogP contribution < -0.4 is 0 Å². The van der Waals surface area contributed by atoms with Crippen molar-refractivity contribution in [2.75, 3.05) is 20.0 Å². The van der Waals surface area contributed by atoms with Crippen LogP contribution in [0.4, 0.5) is 0 Å². The van der Waals surface area contributed by atoms with Crippen molar-refractivity contribution in [2.24, 2.45) is 23.7 Å². The molecule has 6 heteroatoms. The summed E-state index contributed by atoms with van der Waals surface area (Å²) in [7, 11) is -3.93. The number of rotatable bonds is 13. The molecule has 284 valence electrons. The van der Waals surface area contributed by atoms with Crippen molar-refractivity contribution in [2.45, 2.75) is 205 Å². The lowest BCUT2D eigenvalue weighted by Gasteiger charge is -2.21. The van der Waals surface area contributed by atoms with Crippen LogP contribution in [0.3, 0.4) is 0 Å². The Morgan fingerprint density at radius 3 is 1.04 bits per heavy atom. The second-order valence-electron chi connectivity index (χ2n) is 18.6. The van der Waals surface area contributed by atoms with Crippen LogP contribution in [0.2, 0.25) is 70.0 Å². The lowest BCUT2D eigenvalue weighted by atomic mass is 10.1. The molecule has 0 amide bonds. The minimum absolute atomic E-state index is 0.392. The van der Waals surface area contributed by atoms with Crippen molar-refractivity contribution in [3.05, 3.63) is 0 Å². The molecular formula is C40H96O2PSi3+. The van der Waals surface area contributed by atoms with Gasteiger partial charge in [-0.1, -0.05) is 140 Å². The Bertz CT molecular complexity index is 631. The molecule has 0 aliphatic rings. The highest BCUT2D eigenvalue weighted by Gasteiger charge is 2.21. The fourth-order valence-electron chi connectivity index (χ4n) is 4.62. The molecule has 46 heavy (non-hydrogen) atoms. The van der Waals surface area contributed by atoms with Crippen LogP contribution >= 0.6 is 7.49 Å². The van der Waals surface area contributed by atoms with Gasteiger partial charge in [-0.15, -0.1) is 12.3 Å². The minimum atomic E-state index is -1.22. The fourth-order valence-corrected chi connectivity index (χ4v) is 12.7. The van der Waals surface area contributed by atoms with Crippen LogP contribution in [0.1, 0.15) is 123 Å². The third-order valence-electron chi connectivity index (χ3n) is 6.26. The molecular weight excluding hydrogens is 628 g/mol. The topological polar surface area (TPSA) is 18.5 Å². The van der Waals surface area contributed by atoms with Crippen molar-refractivity contribution in [1.82, 2.24) is 0 Å². The van der Waals surface area contributed by atoms with Gasteiger partial charge in [0.2, 0.25) is 0 Å². The fraction of sp³-hybridized carbons (Fsp3) is 0.950. The first kappa shape index (κ1) is 58.7. The number of hydrogen-bond acceptors (Lipinski definition) is 2. The quantitative estimate of drug-likeness (QED) is 0.107. The molecule has 0 N–H and O–H groups in total. The smallest absolute Gasteiger partial charge is 0.184 e. The predicted molar refractivity (Wildman–Crippen MR) is 234 cm³/mol. The molecule has 0 unspecified atom stereocenters. The maximum atomic E-state index is 5.58. The Hall–Kier alpha value is 0.561. The first-order valence-electron chi connectivity index (χ1n) is 18.9. The van der Waals surface area contributed by atoms with Crippen LogP contribution in [0, 0.1) is 36.0 Å². The third-order valence-corrected chi connectivity index (χ3v) is 15.4. The van der Waals surface area contributed by atoms with Gasteiger partial charge in [-0.2, -0.15) is 0 Å². The molecule has 0 rings (SSSR count). The minimum Gasteiger partial charge on any atom is -0.415 e. The van der Waals surface area contributed by atoms with E-state index in [1.165, 1.54) is 37.4 Å². The van der Waals surface area contributed by atoms with Gasteiger partial charge in [-0.25, -0.2) is 4.52 Å². The Kier molecular flexibility index (Phi) is 41.8. The Balaban J connectivity index is -0.000000106. The average Bonchev–Trinajstić information content (AvgIpc) is 2.76. The largest absolute Gasteiger partial charge is 0.415 e. The second kappa shape index (κ2) is 32.7. The van der Waals surface area contributed by atoms with Gasteiger partial charge in [-0.05, 0) is 71.0 Å². The van der Waals surface area contributed by atoms with E-state index in [0.29, 0.717) is 12.2 Å². The molecule has 0 aromatic rings. The SMILES string of the molecule is C#CC[Si](C)(C)CC(C)C.CC(C)O[P+](C)(C)C.CC(C)O[Si](C)(C)C.CCC(C)C.CCCC(C)C.CC[Si](C)(C)CC(C)C. The standard InChI is InChI=1S/C9H18Si.C8H20Si.C6H16OP.C6H16OSi.C6H14.C5H12/c1-6-7-10(4,5)8-9(2)3;1-6-9(4,5)7-8(2)3;2*1-6(2)7-8(3,4)5;1-4-5-6(2)3;1-4-5(2)3/h1,9H,7-8H2,2-5H3;8H,6-7H2,1-5H3;2*6H,1-5H3;6H,4-5H2,1-3H3;5H,4H2,1-3H3/q;;+1;;;. The summed E-state index contributed by atoms with van der Waals surface area (Å²) >= 11 is 0. The van der Waals surface area contributed by atoms with Gasteiger partial charge in [0, 0.05) is 20.2 Å². The summed E-state index contributed by atoms with van der Waals surface area (Å²) in [6, 6.07) is 5.32. The molecule has 0 saturated carbocycles. The summed E-state index contributed by atoms with van der Waals surface area (Å²) in [5, 5.41) is 0. The molecule has 0 aromatic heterocycles. The second-order valence-corrected chi connectivity index (χ2v) is 37.5. The van der Waals surface area contributed by atoms with E-state index in [-0.39, 0.29) is 0 Å². The van der Waals surface area contributed by atoms with E-state index in [1.807, 2.05) is 0 Å². The summed E-state index contributed by atoms with van der Waals surface area (Å²) in [6.45, 7) is 56.0. The van der Waals surface area contributed by atoms with E-state index in [1.54, 1.807) is 0 Å². The Morgan fingerprint density at radius 1 is 0.587 bits per heavy atom. The van der Waals surface area contributed by atoms with Crippen molar-refractivity contribution in [1.29, 1.82) is 0 Å². The summed E-state index contributed by atoms with van der Waals surface area (Å²) in [6.07, 6.45) is 10.1. The van der Waals surface area contributed by atoms with Crippen LogP contribution in [0.25, 0.3) is 0 Å². The van der Waals surface area contributed by atoms with Crippen LogP contribution in [0.5, 0.6) is 0 Å². The molecule has 0 aliphatic carbocycles. The first-order chi connectivity index (χ1) is 20.3. The van der Waals surface area contributed by atoms with Crippen molar-refractivity contribution >= 4 is 32.0 Å². The highest BCUT2D eigenvalue weighted by Crippen LogP contribution is 2.48. The van der Waals surface area contributed by atoms with Gasteiger partial charge in [0.25, 0.3) is 0 Å². The van der Waals surface area contributed by atoms with Crippen molar-refractivity contribution in [3.63, 3.8) is 0 Å². The van der Waals surface area contributed by atoms with Gasteiger partial charge in [0.15, 0.2) is 8.32 Å².